The average molecular weight is 567 g/mol. The Bertz CT molecular complexity index is 1480. The third-order valence-corrected chi connectivity index (χ3v) is 6.23. The lowest BCUT2D eigenvalue weighted by molar-refractivity contribution is -0.138. The lowest BCUT2D eigenvalue weighted by atomic mass is 9.84. The Labute approximate surface area is 224 Å². The minimum atomic E-state index is -4.67. The van der Waals surface area contributed by atoms with E-state index in [1.165, 1.54) is 24.5 Å². The van der Waals surface area contributed by atoms with Crippen molar-refractivity contribution in [3.05, 3.63) is 87.3 Å². The molecule has 4 aromatic heterocycles. The average Bonchev–Trinajstić information content (AvgIpc) is 3.41. The zero-order chi connectivity index (χ0) is 28.9. The van der Waals surface area contributed by atoms with Crippen LogP contribution in [0.1, 0.15) is 72.7 Å². The van der Waals surface area contributed by atoms with Crippen LogP contribution in [0.2, 0.25) is 0 Å². The van der Waals surface area contributed by atoms with Crippen LogP contribution < -0.4 is 5.56 Å². The molecule has 212 valence electrons. The Morgan fingerprint density at radius 2 is 1.85 bits per heavy atom. The first-order chi connectivity index (χ1) is 19.0. The summed E-state index contributed by atoms with van der Waals surface area (Å²) in [4.78, 5) is 20.5. The van der Waals surface area contributed by atoms with Gasteiger partial charge in [-0.25, -0.2) is 9.07 Å². The van der Waals surface area contributed by atoms with Gasteiger partial charge in [0.25, 0.3) is 17.3 Å². The number of rotatable bonds is 5. The van der Waals surface area contributed by atoms with Crippen molar-refractivity contribution in [3.8, 4) is 11.6 Å². The Kier molecular flexibility index (Phi) is 8.95. The summed E-state index contributed by atoms with van der Waals surface area (Å²) < 4.78 is 83.8. The number of nitrogens with zero attached hydrogens (tertiary/aromatic N) is 6. The molecule has 0 unspecified atom stereocenters. The van der Waals surface area contributed by atoms with Gasteiger partial charge >= 0.3 is 12.6 Å². The van der Waals surface area contributed by atoms with Crippen LogP contribution in [0.25, 0.3) is 11.6 Å². The standard InChI is InChI=1S/C20H18F5N5O2.C6H6FN/c21-16(22)18-28-27-17(32-18)14-9-12(11-5-2-1-3-6-11)19(31)30(29-14)10-15-13(20(23,24)25)7-4-8-26-15;1-5-2-6(7)4-8-3-5/h4,7-9,11,16H,1-3,5-6,10H2;2-4H,1H3. The monoisotopic (exact) mass is 566 g/mol. The second kappa shape index (κ2) is 12.4. The van der Waals surface area contributed by atoms with Crippen molar-refractivity contribution < 1.29 is 30.8 Å². The molecule has 8 nitrogen and oxygen atoms in total. The number of hydrogen-bond acceptors (Lipinski definition) is 7. The fraction of sp³-hybridized carbons (Fsp3) is 0.385. The summed E-state index contributed by atoms with van der Waals surface area (Å²) in [6.45, 7) is 1.24. The van der Waals surface area contributed by atoms with E-state index in [2.05, 4.69) is 25.3 Å². The van der Waals surface area contributed by atoms with Crippen molar-refractivity contribution >= 4 is 0 Å². The largest absolute Gasteiger partial charge is 0.418 e. The third kappa shape index (κ3) is 7.10. The predicted molar refractivity (Wildman–Crippen MR) is 130 cm³/mol. The van der Waals surface area contributed by atoms with Gasteiger partial charge in [-0.15, -0.1) is 10.2 Å². The second-order valence-corrected chi connectivity index (χ2v) is 9.20. The molecule has 0 spiro atoms. The smallest absolute Gasteiger partial charge is 0.413 e. The van der Waals surface area contributed by atoms with E-state index >= 15 is 0 Å². The van der Waals surface area contributed by atoms with Crippen molar-refractivity contribution in [1.82, 2.24) is 29.9 Å². The summed E-state index contributed by atoms with van der Waals surface area (Å²) >= 11 is 0. The highest BCUT2D eigenvalue weighted by atomic mass is 19.4. The summed E-state index contributed by atoms with van der Waals surface area (Å²) in [7, 11) is 0. The number of alkyl halides is 5. The van der Waals surface area contributed by atoms with Crippen LogP contribution in [-0.4, -0.2) is 29.9 Å². The molecule has 1 aliphatic carbocycles. The molecule has 0 aromatic carbocycles. The van der Waals surface area contributed by atoms with E-state index < -0.39 is 36.2 Å². The van der Waals surface area contributed by atoms with Crippen LogP contribution in [0.15, 0.2) is 52.1 Å². The van der Waals surface area contributed by atoms with E-state index in [4.69, 9.17) is 4.42 Å². The molecule has 0 aliphatic heterocycles. The van der Waals surface area contributed by atoms with Crippen LogP contribution in [0.3, 0.4) is 0 Å². The fourth-order valence-corrected chi connectivity index (χ4v) is 4.39. The molecule has 0 N–H and O–H groups in total. The Hall–Kier alpha value is -4.10. The molecule has 5 rings (SSSR count). The van der Waals surface area contributed by atoms with Gasteiger partial charge in [0.2, 0.25) is 0 Å². The van der Waals surface area contributed by atoms with Gasteiger partial charge in [0.05, 0.1) is 24.0 Å². The summed E-state index contributed by atoms with van der Waals surface area (Å²) in [5.74, 6) is -1.66. The molecule has 40 heavy (non-hydrogen) atoms. The summed E-state index contributed by atoms with van der Waals surface area (Å²) in [6, 6.07) is 4.86. The minimum absolute atomic E-state index is 0.0611. The highest BCUT2D eigenvalue weighted by Gasteiger charge is 2.34. The van der Waals surface area contributed by atoms with Gasteiger partial charge in [0, 0.05) is 18.0 Å². The van der Waals surface area contributed by atoms with Crippen LogP contribution in [-0.2, 0) is 12.7 Å². The van der Waals surface area contributed by atoms with Crippen molar-refractivity contribution in [2.75, 3.05) is 0 Å². The number of aryl methyl sites for hydroxylation is 1. The van der Waals surface area contributed by atoms with E-state index in [1.807, 2.05) is 0 Å². The molecule has 0 atom stereocenters. The highest BCUT2D eigenvalue weighted by molar-refractivity contribution is 5.47. The maximum Gasteiger partial charge on any atom is 0.418 e. The predicted octanol–water partition coefficient (Wildman–Crippen LogP) is 6.27. The van der Waals surface area contributed by atoms with E-state index in [-0.39, 0.29) is 29.0 Å². The lowest BCUT2D eigenvalue weighted by Crippen LogP contribution is -2.30. The van der Waals surface area contributed by atoms with E-state index in [0.29, 0.717) is 5.56 Å². The molecule has 0 amide bonds. The summed E-state index contributed by atoms with van der Waals surface area (Å²) in [6.07, 6.45) is 0.590. The maximum absolute atomic E-state index is 13.4. The number of aromatic nitrogens is 6. The van der Waals surface area contributed by atoms with Crippen molar-refractivity contribution in [1.29, 1.82) is 0 Å². The zero-order valence-electron chi connectivity index (χ0n) is 21.2. The Morgan fingerprint density at radius 1 is 1.10 bits per heavy atom. The van der Waals surface area contributed by atoms with Crippen LogP contribution in [0, 0.1) is 12.7 Å². The van der Waals surface area contributed by atoms with Crippen LogP contribution in [0.4, 0.5) is 26.3 Å². The van der Waals surface area contributed by atoms with Crippen molar-refractivity contribution in [3.63, 3.8) is 0 Å². The lowest BCUT2D eigenvalue weighted by Gasteiger charge is -2.22. The van der Waals surface area contributed by atoms with Crippen molar-refractivity contribution in [2.24, 2.45) is 0 Å². The van der Waals surface area contributed by atoms with E-state index in [0.717, 1.165) is 54.5 Å². The van der Waals surface area contributed by atoms with Crippen LogP contribution >= 0.6 is 0 Å². The van der Waals surface area contributed by atoms with Gasteiger partial charge < -0.3 is 4.42 Å². The molecule has 0 bridgehead atoms. The van der Waals surface area contributed by atoms with Gasteiger partial charge in [0.1, 0.15) is 11.5 Å². The summed E-state index contributed by atoms with van der Waals surface area (Å²) in [5, 5.41) is 10.9. The minimum Gasteiger partial charge on any atom is -0.413 e. The van der Waals surface area contributed by atoms with E-state index in [1.54, 1.807) is 13.1 Å². The molecule has 14 heteroatoms. The Balaban J connectivity index is 0.000000398. The third-order valence-electron chi connectivity index (χ3n) is 6.23. The quantitative estimate of drug-likeness (QED) is 0.263. The molecular formula is C26H24F6N6O2. The van der Waals surface area contributed by atoms with Gasteiger partial charge in [-0.2, -0.15) is 27.1 Å². The van der Waals surface area contributed by atoms with E-state index in [9.17, 15) is 31.1 Å². The molecule has 4 aromatic rings. The first kappa shape index (κ1) is 28.9. The normalized spacial score (nSPS) is 14.2. The first-order valence-electron chi connectivity index (χ1n) is 12.3. The number of hydrogen-bond donors (Lipinski definition) is 0. The molecule has 1 saturated carbocycles. The summed E-state index contributed by atoms with van der Waals surface area (Å²) in [5.41, 5.74) is -0.820. The SMILES string of the molecule is Cc1cncc(F)c1.O=c1c(C2CCCCC2)cc(-c2nnc(C(F)F)o2)nn1Cc1ncccc1C(F)(F)F. The van der Waals surface area contributed by atoms with Crippen LogP contribution in [0.5, 0.6) is 0 Å². The molecule has 0 saturated heterocycles. The Morgan fingerprint density at radius 3 is 2.45 bits per heavy atom. The topological polar surface area (TPSA) is 99.6 Å². The first-order valence-corrected chi connectivity index (χ1v) is 12.3. The number of halogens is 6. The number of pyridine rings is 2. The van der Waals surface area contributed by atoms with Gasteiger partial charge in [-0.05, 0) is 55.5 Å². The zero-order valence-corrected chi connectivity index (χ0v) is 21.2. The van der Waals surface area contributed by atoms with Crippen molar-refractivity contribution in [2.45, 2.75) is 64.1 Å². The van der Waals surface area contributed by atoms with Gasteiger partial charge in [-0.3, -0.25) is 14.8 Å². The molecule has 0 radical (unpaired) electrons. The molecule has 1 aliphatic rings. The molecular weight excluding hydrogens is 542 g/mol. The van der Waals surface area contributed by atoms with Gasteiger partial charge in [0.15, 0.2) is 0 Å². The maximum atomic E-state index is 13.4. The second-order valence-electron chi connectivity index (χ2n) is 9.20. The van der Waals surface area contributed by atoms with Gasteiger partial charge in [-0.1, -0.05) is 19.3 Å². The fourth-order valence-electron chi connectivity index (χ4n) is 4.39. The molecule has 4 heterocycles. The molecule has 1 fully saturated rings. The highest BCUT2D eigenvalue weighted by Crippen LogP contribution is 2.33.